The van der Waals surface area contributed by atoms with Gasteiger partial charge in [-0.2, -0.15) is 4.98 Å². The molecule has 2 saturated heterocycles. The van der Waals surface area contributed by atoms with E-state index in [-0.39, 0.29) is 33.7 Å². The summed E-state index contributed by atoms with van der Waals surface area (Å²) in [5.41, 5.74) is 1.85. The number of amides is 3. The number of halogens is 3. The minimum absolute atomic E-state index is 0.0667. The van der Waals surface area contributed by atoms with Crippen LogP contribution in [-0.2, 0) is 4.79 Å². The number of fused-ring (bicyclic) bond motifs is 1. The summed E-state index contributed by atoms with van der Waals surface area (Å²) in [6.07, 6.45) is 1.71. The highest BCUT2D eigenvalue weighted by atomic mass is 35.5. The Morgan fingerprint density at radius 1 is 1.28 bits per heavy atom. The van der Waals surface area contributed by atoms with Gasteiger partial charge in [-0.1, -0.05) is 11.6 Å². The maximum atomic E-state index is 14.2. The van der Waals surface area contributed by atoms with E-state index >= 15 is 0 Å². The van der Waals surface area contributed by atoms with Crippen molar-refractivity contribution >= 4 is 51.9 Å². The van der Waals surface area contributed by atoms with E-state index in [0.29, 0.717) is 13.0 Å². The number of carbonyl (C=O) groups excluding carboxylic acids is 2. The quantitative estimate of drug-likeness (QED) is 0.377. The lowest BCUT2D eigenvalue weighted by Crippen LogP contribution is -2.64. The standard InChI is InChI=1S/C13H10Cl2FN7O2/c14-8-6(16)7-5(3-17-8)9(20-11(15)19-7)23-4-13(1-2-18-23)10(24)21-12(25)22-13/h3,18H,1-2,4H2,(H2,21,22,24,25). The molecule has 3 amide bonds. The molecule has 25 heavy (non-hydrogen) atoms. The topological polar surface area (TPSA) is 112 Å². The third-order valence-electron chi connectivity index (χ3n) is 4.15. The summed E-state index contributed by atoms with van der Waals surface area (Å²) >= 11 is 11.6. The van der Waals surface area contributed by atoms with Gasteiger partial charge in [-0.3, -0.25) is 15.1 Å². The van der Waals surface area contributed by atoms with Crippen LogP contribution >= 0.6 is 23.2 Å². The van der Waals surface area contributed by atoms with E-state index in [1.807, 2.05) is 0 Å². The first-order valence-corrected chi connectivity index (χ1v) is 7.97. The van der Waals surface area contributed by atoms with Crippen LogP contribution in [0.5, 0.6) is 0 Å². The molecule has 130 valence electrons. The van der Waals surface area contributed by atoms with E-state index in [4.69, 9.17) is 23.2 Å². The van der Waals surface area contributed by atoms with Crippen molar-refractivity contribution in [1.82, 2.24) is 31.0 Å². The highest BCUT2D eigenvalue weighted by molar-refractivity contribution is 6.30. The second-order valence-corrected chi connectivity index (χ2v) is 6.37. The van der Waals surface area contributed by atoms with Gasteiger partial charge >= 0.3 is 6.03 Å². The first-order chi connectivity index (χ1) is 11.9. The molecule has 2 aliphatic heterocycles. The summed E-state index contributed by atoms with van der Waals surface area (Å²) in [4.78, 5) is 35.4. The molecule has 9 nitrogen and oxygen atoms in total. The SMILES string of the molecule is O=C1NC(=O)C2(CCNN(c3nc(Cl)nc4c(F)c(Cl)ncc34)C2)N1. The Kier molecular flexibility index (Phi) is 3.63. The zero-order valence-corrected chi connectivity index (χ0v) is 13.9. The predicted molar refractivity (Wildman–Crippen MR) is 86.7 cm³/mol. The highest BCUT2D eigenvalue weighted by Crippen LogP contribution is 2.31. The predicted octanol–water partition coefficient (Wildman–Crippen LogP) is 0.764. The Balaban J connectivity index is 1.81. The first kappa shape index (κ1) is 16.2. The van der Waals surface area contributed by atoms with Gasteiger partial charge in [0.1, 0.15) is 11.1 Å². The van der Waals surface area contributed by atoms with Gasteiger partial charge in [0, 0.05) is 12.7 Å². The molecule has 1 atom stereocenters. The molecular formula is C13H10Cl2FN7O2. The monoisotopic (exact) mass is 385 g/mol. The molecule has 2 fully saturated rings. The molecule has 2 aromatic heterocycles. The molecule has 1 spiro atoms. The van der Waals surface area contributed by atoms with Gasteiger partial charge in [0.2, 0.25) is 5.28 Å². The van der Waals surface area contributed by atoms with Gasteiger partial charge in [-0.05, 0) is 18.0 Å². The smallest absolute Gasteiger partial charge is 0.321 e. The van der Waals surface area contributed by atoms with Crippen LogP contribution in [0.3, 0.4) is 0 Å². The van der Waals surface area contributed by atoms with Crippen molar-refractivity contribution in [3.05, 3.63) is 22.5 Å². The van der Waals surface area contributed by atoms with Gasteiger partial charge in [-0.25, -0.2) is 24.6 Å². The Labute approximate surface area is 149 Å². The summed E-state index contributed by atoms with van der Waals surface area (Å²) in [5, 5.41) is 6.11. The fourth-order valence-corrected chi connectivity index (χ4v) is 3.28. The van der Waals surface area contributed by atoms with Gasteiger partial charge in [0.15, 0.2) is 16.8 Å². The summed E-state index contributed by atoms with van der Waals surface area (Å²) in [5.74, 6) is -1.02. The Bertz CT molecular complexity index is 927. The first-order valence-electron chi connectivity index (χ1n) is 7.21. The molecule has 3 N–H and O–H groups in total. The third kappa shape index (κ3) is 2.53. The van der Waals surface area contributed by atoms with E-state index in [2.05, 4.69) is 31.0 Å². The van der Waals surface area contributed by atoms with Crippen LogP contribution in [0.2, 0.25) is 10.4 Å². The van der Waals surface area contributed by atoms with E-state index < -0.39 is 23.3 Å². The molecule has 2 aliphatic rings. The number of nitrogens with one attached hydrogen (secondary N) is 3. The Hall–Kier alpha value is -2.30. The van der Waals surface area contributed by atoms with Gasteiger partial charge < -0.3 is 5.32 Å². The molecule has 12 heteroatoms. The number of nitrogens with zero attached hydrogens (tertiary/aromatic N) is 4. The molecule has 2 aromatic rings. The summed E-state index contributed by atoms with van der Waals surface area (Å²) in [6, 6.07) is -0.558. The molecule has 4 rings (SSSR count). The number of imide groups is 1. The maximum absolute atomic E-state index is 14.2. The van der Waals surface area contributed by atoms with Crippen molar-refractivity contribution < 1.29 is 14.0 Å². The number of hydrazine groups is 1. The molecule has 4 heterocycles. The molecular weight excluding hydrogens is 376 g/mol. The van der Waals surface area contributed by atoms with Crippen molar-refractivity contribution in [3.63, 3.8) is 0 Å². The number of urea groups is 1. The maximum Gasteiger partial charge on any atom is 0.322 e. The minimum Gasteiger partial charge on any atom is -0.321 e. The summed E-state index contributed by atoms with van der Waals surface area (Å²) in [7, 11) is 0. The minimum atomic E-state index is -1.11. The fraction of sp³-hybridized carbons (Fsp3) is 0.308. The number of rotatable bonds is 1. The number of hydrogen-bond acceptors (Lipinski definition) is 7. The van der Waals surface area contributed by atoms with E-state index in [9.17, 15) is 14.0 Å². The average Bonchev–Trinajstić information content (AvgIpc) is 2.84. The van der Waals surface area contributed by atoms with Crippen LogP contribution in [-0.4, -0.2) is 45.5 Å². The van der Waals surface area contributed by atoms with E-state index in [1.165, 1.54) is 11.2 Å². The molecule has 1 unspecified atom stereocenters. The van der Waals surface area contributed by atoms with Crippen LogP contribution in [0.4, 0.5) is 15.0 Å². The van der Waals surface area contributed by atoms with Crippen molar-refractivity contribution in [2.75, 3.05) is 18.1 Å². The summed E-state index contributed by atoms with van der Waals surface area (Å²) < 4.78 is 14.2. The Morgan fingerprint density at radius 3 is 2.80 bits per heavy atom. The molecule has 0 aliphatic carbocycles. The van der Waals surface area contributed by atoms with Crippen LogP contribution in [0.1, 0.15) is 6.42 Å². The zero-order valence-electron chi connectivity index (χ0n) is 12.4. The number of pyridine rings is 1. The molecule has 0 bridgehead atoms. The number of aromatic nitrogens is 3. The lowest BCUT2D eigenvalue weighted by atomic mass is 9.93. The fourth-order valence-electron chi connectivity index (χ4n) is 2.97. The van der Waals surface area contributed by atoms with Gasteiger partial charge in [0.25, 0.3) is 5.91 Å². The molecule has 0 saturated carbocycles. The van der Waals surface area contributed by atoms with E-state index in [1.54, 1.807) is 0 Å². The average molecular weight is 386 g/mol. The normalized spacial score (nSPS) is 23.2. The van der Waals surface area contributed by atoms with Gasteiger partial charge in [-0.15, -0.1) is 0 Å². The zero-order chi connectivity index (χ0) is 17.8. The molecule has 0 aromatic carbocycles. The second-order valence-electron chi connectivity index (χ2n) is 5.68. The van der Waals surface area contributed by atoms with Crippen molar-refractivity contribution in [3.8, 4) is 0 Å². The molecule has 0 radical (unpaired) electrons. The third-order valence-corrected chi connectivity index (χ3v) is 4.58. The number of anilines is 1. The van der Waals surface area contributed by atoms with Crippen molar-refractivity contribution in [1.29, 1.82) is 0 Å². The number of carbonyl (C=O) groups is 2. The summed E-state index contributed by atoms with van der Waals surface area (Å²) in [6.45, 7) is 0.442. The second kappa shape index (κ2) is 5.61. The van der Waals surface area contributed by atoms with E-state index in [0.717, 1.165) is 0 Å². The largest absolute Gasteiger partial charge is 0.322 e. The Morgan fingerprint density at radius 2 is 2.08 bits per heavy atom. The van der Waals surface area contributed by atoms with Crippen molar-refractivity contribution in [2.45, 2.75) is 12.0 Å². The van der Waals surface area contributed by atoms with Crippen LogP contribution in [0, 0.1) is 5.82 Å². The van der Waals surface area contributed by atoms with Crippen LogP contribution < -0.4 is 21.1 Å². The number of hydrogen-bond donors (Lipinski definition) is 3. The lowest BCUT2D eigenvalue weighted by molar-refractivity contribution is -0.124. The van der Waals surface area contributed by atoms with Gasteiger partial charge in [0.05, 0.1) is 11.9 Å². The highest BCUT2D eigenvalue weighted by Gasteiger charge is 2.49. The van der Waals surface area contributed by atoms with Crippen LogP contribution in [0.25, 0.3) is 10.9 Å². The van der Waals surface area contributed by atoms with Crippen molar-refractivity contribution in [2.24, 2.45) is 0 Å². The lowest BCUT2D eigenvalue weighted by Gasteiger charge is -2.39. The van der Waals surface area contributed by atoms with Crippen LogP contribution in [0.15, 0.2) is 6.20 Å².